The fourth-order valence-corrected chi connectivity index (χ4v) is 1.19. The Balaban J connectivity index is 2.04. The number of dihydropyridines is 1. The maximum Gasteiger partial charge on any atom is 0.345 e. The number of hydrogen-bond donors (Lipinski definition) is 1. The van der Waals surface area contributed by atoms with Crippen molar-refractivity contribution in [2.75, 3.05) is 6.54 Å². The summed E-state index contributed by atoms with van der Waals surface area (Å²) in [7, 11) is 0. The van der Waals surface area contributed by atoms with Crippen LogP contribution in [0.25, 0.3) is 0 Å². The Morgan fingerprint density at radius 1 is 1.33 bits per heavy atom. The van der Waals surface area contributed by atoms with Crippen LogP contribution in [0.5, 0.6) is 5.75 Å². The summed E-state index contributed by atoms with van der Waals surface area (Å²) >= 11 is 0. The molecule has 0 aliphatic carbocycles. The van der Waals surface area contributed by atoms with Crippen LogP contribution in [0.15, 0.2) is 48.1 Å². The van der Waals surface area contributed by atoms with E-state index in [9.17, 15) is 4.79 Å². The first-order chi connectivity index (χ1) is 7.36. The summed E-state index contributed by atoms with van der Waals surface area (Å²) in [5, 5.41) is 2.83. The van der Waals surface area contributed by atoms with Gasteiger partial charge in [-0.2, -0.15) is 0 Å². The number of nitrogens with one attached hydrogen (secondary N) is 1. The van der Waals surface area contributed by atoms with Gasteiger partial charge in [-0.3, -0.25) is 0 Å². The van der Waals surface area contributed by atoms with Gasteiger partial charge in [0.1, 0.15) is 5.75 Å². The van der Waals surface area contributed by atoms with Crippen molar-refractivity contribution in [3.8, 4) is 5.75 Å². The molecule has 3 nitrogen and oxygen atoms in total. The Labute approximate surface area is 88.1 Å². The number of esters is 1. The highest BCUT2D eigenvalue weighted by Gasteiger charge is 2.10. The van der Waals surface area contributed by atoms with Crippen molar-refractivity contribution in [1.29, 1.82) is 0 Å². The zero-order valence-electron chi connectivity index (χ0n) is 8.07. The van der Waals surface area contributed by atoms with E-state index in [0.29, 0.717) is 17.9 Å². The third kappa shape index (κ3) is 2.47. The number of hydrogen-bond acceptors (Lipinski definition) is 3. The van der Waals surface area contributed by atoms with Gasteiger partial charge in [-0.25, -0.2) is 4.79 Å². The molecular formula is C12H10NO2. The van der Waals surface area contributed by atoms with Crippen LogP contribution in [0.1, 0.15) is 0 Å². The molecule has 0 spiro atoms. The van der Waals surface area contributed by atoms with Gasteiger partial charge in [0.2, 0.25) is 0 Å². The van der Waals surface area contributed by atoms with E-state index in [-0.39, 0.29) is 0 Å². The van der Waals surface area contributed by atoms with Gasteiger partial charge in [-0.15, -0.1) is 0 Å². The van der Waals surface area contributed by atoms with Gasteiger partial charge < -0.3 is 10.1 Å². The lowest BCUT2D eigenvalue weighted by molar-refractivity contribution is -0.129. The standard InChI is InChI=1S/C12H10NO2/c14-12(10-5-4-8-13-9-10)15-11-6-2-1-3-7-11/h1-7,13H,8H2. The maximum absolute atomic E-state index is 11.6. The second kappa shape index (κ2) is 4.46. The highest BCUT2D eigenvalue weighted by molar-refractivity contribution is 5.92. The molecule has 1 radical (unpaired) electrons. The topological polar surface area (TPSA) is 38.3 Å². The van der Waals surface area contributed by atoms with Gasteiger partial charge in [-0.1, -0.05) is 24.3 Å². The zero-order valence-corrected chi connectivity index (χ0v) is 8.07. The lowest BCUT2D eigenvalue weighted by Gasteiger charge is -2.07. The number of benzene rings is 1. The van der Waals surface area contributed by atoms with Crippen LogP contribution in [-0.2, 0) is 4.79 Å². The number of para-hydroxylation sites is 1. The largest absolute Gasteiger partial charge is 0.423 e. The second-order valence-corrected chi connectivity index (χ2v) is 3.02. The molecule has 75 valence electrons. The first kappa shape index (κ1) is 9.52. The SMILES string of the molecule is O=C(Oc1ccccc1)C1=[C]NCC=C1. The summed E-state index contributed by atoms with van der Waals surface area (Å²) < 4.78 is 5.12. The Morgan fingerprint density at radius 2 is 2.13 bits per heavy atom. The molecule has 0 bridgehead atoms. The number of ether oxygens (including phenoxy) is 1. The van der Waals surface area contributed by atoms with Crippen molar-refractivity contribution in [3.05, 3.63) is 54.3 Å². The van der Waals surface area contributed by atoms with Crippen molar-refractivity contribution in [3.63, 3.8) is 0 Å². The Kier molecular flexibility index (Phi) is 2.83. The van der Waals surface area contributed by atoms with Crippen LogP contribution in [0.2, 0.25) is 0 Å². The molecule has 0 saturated heterocycles. The normalized spacial score (nSPS) is 14.0. The molecule has 1 heterocycles. The third-order valence-electron chi connectivity index (χ3n) is 1.90. The summed E-state index contributed by atoms with van der Waals surface area (Å²) in [5.74, 6) is 0.139. The van der Waals surface area contributed by atoms with Crippen molar-refractivity contribution >= 4 is 5.97 Å². The highest BCUT2D eigenvalue weighted by atomic mass is 16.5. The van der Waals surface area contributed by atoms with Crippen LogP contribution in [0.3, 0.4) is 0 Å². The van der Waals surface area contributed by atoms with Crippen LogP contribution in [0.4, 0.5) is 0 Å². The number of carbonyl (C=O) groups excluding carboxylic acids is 1. The second-order valence-electron chi connectivity index (χ2n) is 3.02. The van der Waals surface area contributed by atoms with E-state index in [1.807, 2.05) is 24.3 Å². The molecule has 1 aliphatic heterocycles. The smallest absolute Gasteiger partial charge is 0.345 e. The summed E-state index contributed by atoms with van der Waals surface area (Å²) in [4.78, 5) is 11.6. The molecule has 1 N–H and O–H groups in total. The Bertz CT molecular complexity index is 407. The van der Waals surface area contributed by atoms with Crippen LogP contribution < -0.4 is 10.1 Å². The van der Waals surface area contributed by atoms with Crippen molar-refractivity contribution in [2.24, 2.45) is 0 Å². The molecule has 1 aliphatic rings. The van der Waals surface area contributed by atoms with Gasteiger partial charge in [0.15, 0.2) is 0 Å². The summed E-state index contributed by atoms with van der Waals surface area (Å²) in [5.41, 5.74) is 0.408. The lowest BCUT2D eigenvalue weighted by Crippen LogP contribution is -2.18. The van der Waals surface area contributed by atoms with Gasteiger partial charge in [-0.05, 0) is 18.2 Å². The number of carbonyl (C=O) groups is 1. The summed E-state index contributed by atoms with van der Waals surface area (Å²) in [6.07, 6.45) is 6.29. The first-order valence-electron chi connectivity index (χ1n) is 4.66. The fourth-order valence-electron chi connectivity index (χ4n) is 1.19. The molecule has 0 fully saturated rings. The molecule has 0 unspecified atom stereocenters. The van der Waals surface area contributed by atoms with Crippen LogP contribution >= 0.6 is 0 Å². The Morgan fingerprint density at radius 3 is 2.80 bits per heavy atom. The molecule has 15 heavy (non-hydrogen) atoms. The van der Waals surface area contributed by atoms with E-state index < -0.39 is 5.97 Å². The van der Waals surface area contributed by atoms with E-state index in [1.165, 1.54) is 0 Å². The highest BCUT2D eigenvalue weighted by Crippen LogP contribution is 2.11. The number of rotatable bonds is 2. The Hall–Kier alpha value is -2.03. The quantitative estimate of drug-likeness (QED) is 0.580. The predicted molar refractivity (Wildman–Crippen MR) is 56.0 cm³/mol. The van der Waals surface area contributed by atoms with Crippen LogP contribution in [-0.4, -0.2) is 12.5 Å². The van der Waals surface area contributed by atoms with Crippen molar-refractivity contribution in [2.45, 2.75) is 0 Å². The van der Waals surface area contributed by atoms with Gasteiger partial charge in [0.25, 0.3) is 0 Å². The molecule has 0 amide bonds. The molecule has 0 saturated carbocycles. The first-order valence-corrected chi connectivity index (χ1v) is 4.66. The van der Waals surface area contributed by atoms with Crippen molar-refractivity contribution < 1.29 is 9.53 Å². The summed E-state index contributed by atoms with van der Waals surface area (Å²) in [6.45, 7) is 0.697. The molecule has 0 aromatic heterocycles. The zero-order chi connectivity index (χ0) is 10.5. The minimum Gasteiger partial charge on any atom is -0.423 e. The minimum atomic E-state index is -0.398. The van der Waals surface area contributed by atoms with Crippen molar-refractivity contribution in [1.82, 2.24) is 5.32 Å². The molecular weight excluding hydrogens is 190 g/mol. The molecule has 0 atom stereocenters. The molecule has 1 aromatic carbocycles. The van der Waals surface area contributed by atoms with E-state index in [1.54, 1.807) is 18.2 Å². The average molecular weight is 200 g/mol. The van der Waals surface area contributed by atoms with E-state index in [0.717, 1.165) is 0 Å². The fraction of sp³-hybridized carbons (Fsp3) is 0.0833. The average Bonchev–Trinajstić information content (AvgIpc) is 2.31. The van der Waals surface area contributed by atoms with E-state index >= 15 is 0 Å². The van der Waals surface area contributed by atoms with Gasteiger partial charge in [0, 0.05) is 6.54 Å². The maximum atomic E-state index is 11.6. The van der Waals surface area contributed by atoms with E-state index in [2.05, 4.69) is 11.5 Å². The molecule has 3 heteroatoms. The minimum absolute atomic E-state index is 0.398. The van der Waals surface area contributed by atoms with Gasteiger partial charge >= 0.3 is 5.97 Å². The monoisotopic (exact) mass is 200 g/mol. The predicted octanol–water partition coefficient (Wildman–Crippen LogP) is 1.44. The third-order valence-corrected chi connectivity index (χ3v) is 1.90. The lowest BCUT2D eigenvalue weighted by atomic mass is 10.2. The van der Waals surface area contributed by atoms with Crippen LogP contribution in [0, 0.1) is 6.20 Å². The molecule has 1 aromatic rings. The van der Waals surface area contributed by atoms with Gasteiger partial charge in [0.05, 0.1) is 11.8 Å². The molecule has 2 rings (SSSR count). The summed E-state index contributed by atoms with van der Waals surface area (Å²) in [6, 6.07) is 8.97. The van der Waals surface area contributed by atoms with E-state index in [4.69, 9.17) is 4.74 Å².